The van der Waals surface area contributed by atoms with Crippen LogP contribution in [0.3, 0.4) is 0 Å². The molecule has 4 heteroatoms. The normalized spacial score (nSPS) is 19.4. The van der Waals surface area contributed by atoms with Crippen molar-refractivity contribution >= 4 is 11.6 Å². The third-order valence-electron chi connectivity index (χ3n) is 3.26. The molecular formula is C15H15ClN2O. The van der Waals surface area contributed by atoms with Crippen LogP contribution in [0.25, 0.3) is 0 Å². The van der Waals surface area contributed by atoms with E-state index in [-0.39, 0.29) is 6.10 Å². The first-order valence-electron chi connectivity index (χ1n) is 6.22. The molecule has 0 radical (unpaired) electrons. The van der Waals surface area contributed by atoms with Crippen LogP contribution in [0.4, 0.5) is 0 Å². The van der Waals surface area contributed by atoms with Crippen LogP contribution in [0.2, 0.25) is 5.02 Å². The summed E-state index contributed by atoms with van der Waals surface area (Å²) in [7, 11) is 0. The van der Waals surface area contributed by atoms with Gasteiger partial charge in [-0.3, -0.25) is 5.84 Å². The Balaban J connectivity index is 1.93. The second kappa shape index (κ2) is 5.21. The molecule has 2 aromatic carbocycles. The minimum Gasteiger partial charge on any atom is -0.484 e. The van der Waals surface area contributed by atoms with Crippen LogP contribution in [-0.4, -0.2) is 11.6 Å². The van der Waals surface area contributed by atoms with E-state index in [1.807, 2.05) is 48.5 Å². The molecule has 98 valence electrons. The highest BCUT2D eigenvalue weighted by Crippen LogP contribution is 2.30. The van der Waals surface area contributed by atoms with E-state index < -0.39 is 0 Å². The van der Waals surface area contributed by atoms with Crippen LogP contribution in [0.15, 0.2) is 48.5 Å². The van der Waals surface area contributed by atoms with Gasteiger partial charge >= 0.3 is 0 Å². The van der Waals surface area contributed by atoms with Gasteiger partial charge in [-0.05, 0) is 23.8 Å². The topological polar surface area (TPSA) is 38.5 Å². The average Bonchev–Trinajstić information content (AvgIpc) is 2.57. The smallest absolute Gasteiger partial charge is 0.138 e. The molecule has 2 N–H and O–H groups in total. The molecule has 1 aliphatic rings. The molecule has 0 bridgehead atoms. The van der Waals surface area contributed by atoms with Crippen LogP contribution in [0.5, 0.6) is 5.75 Å². The molecule has 19 heavy (non-hydrogen) atoms. The van der Waals surface area contributed by atoms with E-state index in [2.05, 4.69) is 0 Å². The lowest BCUT2D eigenvalue weighted by Gasteiger charge is -2.20. The standard InChI is InChI=1S/C15H15ClN2O/c16-13-7-5-11(6-8-13)15-10-18(17)9-12-3-1-2-4-14(12)19-15/h1-8,15H,9-10,17H2. The quantitative estimate of drug-likeness (QED) is 0.812. The molecule has 1 unspecified atom stereocenters. The summed E-state index contributed by atoms with van der Waals surface area (Å²) in [6, 6.07) is 15.7. The summed E-state index contributed by atoms with van der Waals surface area (Å²) in [5, 5.41) is 2.51. The van der Waals surface area contributed by atoms with Gasteiger partial charge in [-0.1, -0.05) is 41.9 Å². The molecule has 3 rings (SSSR count). The number of hydrogen-bond donors (Lipinski definition) is 1. The van der Waals surface area contributed by atoms with Crippen LogP contribution in [-0.2, 0) is 6.54 Å². The lowest BCUT2D eigenvalue weighted by Crippen LogP contribution is -2.33. The van der Waals surface area contributed by atoms with Gasteiger partial charge in [0.2, 0.25) is 0 Å². The van der Waals surface area contributed by atoms with Crippen LogP contribution in [0.1, 0.15) is 17.2 Å². The lowest BCUT2D eigenvalue weighted by molar-refractivity contribution is 0.149. The summed E-state index contributed by atoms with van der Waals surface area (Å²) in [5.74, 6) is 6.93. The summed E-state index contributed by atoms with van der Waals surface area (Å²) in [5.41, 5.74) is 2.19. The number of hydrazine groups is 1. The third kappa shape index (κ3) is 2.73. The zero-order chi connectivity index (χ0) is 13.2. The van der Waals surface area contributed by atoms with E-state index in [9.17, 15) is 0 Å². The SMILES string of the molecule is NN1Cc2ccccc2OC(c2ccc(Cl)cc2)C1. The van der Waals surface area contributed by atoms with Gasteiger partial charge in [-0.15, -0.1) is 0 Å². The second-order valence-corrected chi connectivity index (χ2v) is 5.13. The largest absolute Gasteiger partial charge is 0.484 e. The average molecular weight is 275 g/mol. The van der Waals surface area contributed by atoms with Crippen molar-refractivity contribution in [1.82, 2.24) is 5.01 Å². The van der Waals surface area contributed by atoms with Crippen molar-refractivity contribution < 1.29 is 4.74 Å². The molecule has 0 fully saturated rings. The Morgan fingerprint density at radius 3 is 2.63 bits per heavy atom. The fourth-order valence-corrected chi connectivity index (χ4v) is 2.41. The summed E-state index contributed by atoms with van der Waals surface area (Å²) in [6.45, 7) is 1.34. The maximum absolute atomic E-state index is 6.09. The number of halogens is 1. The Kier molecular flexibility index (Phi) is 3.42. The van der Waals surface area contributed by atoms with Gasteiger partial charge in [0.1, 0.15) is 11.9 Å². The van der Waals surface area contributed by atoms with E-state index in [1.165, 1.54) is 0 Å². The van der Waals surface area contributed by atoms with Crippen molar-refractivity contribution in [3.63, 3.8) is 0 Å². The number of rotatable bonds is 1. The Morgan fingerprint density at radius 1 is 1.11 bits per heavy atom. The number of ether oxygens (including phenoxy) is 1. The summed E-state index contributed by atoms with van der Waals surface area (Å²) >= 11 is 5.92. The first-order valence-corrected chi connectivity index (χ1v) is 6.60. The summed E-state index contributed by atoms with van der Waals surface area (Å²) < 4.78 is 6.09. The number of para-hydroxylation sites is 1. The van der Waals surface area contributed by atoms with Crippen molar-refractivity contribution in [3.8, 4) is 5.75 Å². The van der Waals surface area contributed by atoms with E-state index in [0.717, 1.165) is 21.9 Å². The molecular weight excluding hydrogens is 260 g/mol. The molecule has 0 saturated carbocycles. The highest BCUT2D eigenvalue weighted by atomic mass is 35.5. The minimum atomic E-state index is -0.0779. The molecule has 0 aromatic heterocycles. The highest BCUT2D eigenvalue weighted by Gasteiger charge is 2.22. The molecule has 1 heterocycles. The fourth-order valence-electron chi connectivity index (χ4n) is 2.29. The molecule has 2 aromatic rings. The maximum atomic E-state index is 6.09. The van der Waals surface area contributed by atoms with Crippen molar-refractivity contribution in [3.05, 3.63) is 64.7 Å². The van der Waals surface area contributed by atoms with E-state index in [1.54, 1.807) is 5.01 Å². The summed E-state index contributed by atoms with van der Waals surface area (Å²) in [4.78, 5) is 0. The first kappa shape index (κ1) is 12.5. The van der Waals surface area contributed by atoms with Gasteiger partial charge in [0.15, 0.2) is 0 Å². The minimum absolute atomic E-state index is 0.0779. The summed E-state index contributed by atoms with van der Waals surface area (Å²) in [6.07, 6.45) is -0.0779. The number of benzene rings is 2. The number of hydrogen-bond acceptors (Lipinski definition) is 3. The molecule has 0 aliphatic carbocycles. The van der Waals surface area contributed by atoms with E-state index in [4.69, 9.17) is 22.2 Å². The van der Waals surface area contributed by atoms with Gasteiger partial charge in [0, 0.05) is 17.1 Å². The second-order valence-electron chi connectivity index (χ2n) is 4.70. The van der Waals surface area contributed by atoms with Gasteiger partial charge in [-0.2, -0.15) is 0 Å². The molecule has 0 saturated heterocycles. The Labute approximate surface area is 117 Å². The number of fused-ring (bicyclic) bond motifs is 1. The van der Waals surface area contributed by atoms with Crippen LogP contribution >= 0.6 is 11.6 Å². The van der Waals surface area contributed by atoms with Gasteiger partial charge in [-0.25, -0.2) is 5.01 Å². The van der Waals surface area contributed by atoms with Crippen molar-refractivity contribution in [1.29, 1.82) is 0 Å². The van der Waals surface area contributed by atoms with Crippen molar-refractivity contribution in [2.24, 2.45) is 5.84 Å². The zero-order valence-electron chi connectivity index (χ0n) is 10.4. The molecule has 3 nitrogen and oxygen atoms in total. The Morgan fingerprint density at radius 2 is 1.84 bits per heavy atom. The molecule has 1 aliphatic heterocycles. The van der Waals surface area contributed by atoms with Gasteiger partial charge < -0.3 is 4.74 Å². The zero-order valence-corrected chi connectivity index (χ0v) is 11.2. The molecule has 1 atom stereocenters. The fraction of sp³-hybridized carbons (Fsp3) is 0.200. The van der Waals surface area contributed by atoms with Gasteiger partial charge in [0.05, 0.1) is 6.54 Å². The Bertz CT molecular complexity index is 571. The van der Waals surface area contributed by atoms with Crippen LogP contribution < -0.4 is 10.6 Å². The predicted octanol–water partition coefficient (Wildman–Crippen LogP) is 3.15. The van der Waals surface area contributed by atoms with Crippen LogP contribution in [0, 0.1) is 0 Å². The molecule has 0 spiro atoms. The van der Waals surface area contributed by atoms with Crippen molar-refractivity contribution in [2.75, 3.05) is 6.54 Å². The molecule has 0 amide bonds. The Hall–Kier alpha value is -1.55. The lowest BCUT2D eigenvalue weighted by atomic mass is 10.1. The monoisotopic (exact) mass is 274 g/mol. The number of nitrogens with two attached hydrogens (primary N) is 1. The predicted molar refractivity (Wildman–Crippen MR) is 75.9 cm³/mol. The highest BCUT2D eigenvalue weighted by molar-refractivity contribution is 6.30. The maximum Gasteiger partial charge on any atom is 0.138 e. The van der Waals surface area contributed by atoms with E-state index in [0.29, 0.717) is 13.1 Å². The van der Waals surface area contributed by atoms with Crippen molar-refractivity contribution in [2.45, 2.75) is 12.6 Å². The van der Waals surface area contributed by atoms with Gasteiger partial charge in [0.25, 0.3) is 0 Å². The first-order chi connectivity index (χ1) is 9.22. The van der Waals surface area contributed by atoms with E-state index >= 15 is 0 Å². The number of nitrogens with zero attached hydrogens (tertiary/aromatic N) is 1. The third-order valence-corrected chi connectivity index (χ3v) is 3.51.